The smallest absolute Gasteiger partial charge is 0.337 e. The Morgan fingerprint density at radius 1 is 1.10 bits per heavy atom. The molecular weight excluding hydrogens is 262 g/mol. The van der Waals surface area contributed by atoms with Crippen LogP contribution in [0.1, 0.15) is 27.0 Å². The summed E-state index contributed by atoms with van der Waals surface area (Å²) in [4.78, 5) is 11.4. The number of esters is 1. The molecule has 0 fully saturated rings. The minimum absolute atomic E-state index is 0.292. The topological polar surface area (TPSA) is 38.3 Å². The van der Waals surface area contributed by atoms with E-state index < -0.39 is 0 Å². The Bertz CT molecular complexity index is 618. The van der Waals surface area contributed by atoms with Crippen LogP contribution in [0.5, 0.6) is 0 Å². The van der Waals surface area contributed by atoms with Gasteiger partial charge in [0, 0.05) is 12.7 Å². The normalized spacial score (nSPS) is 10.2. The Morgan fingerprint density at radius 3 is 2.38 bits per heavy atom. The van der Waals surface area contributed by atoms with Crippen LogP contribution in [0.4, 0.5) is 5.69 Å². The van der Waals surface area contributed by atoms with E-state index in [-0.39, 0.29) is 5.97 Å². The number of aryl methyl sites for hydroxylation is 3. The summed E-state index contributed by atoms with van der Waals surface area (Å²) in [6.07, 6.45) is 1.95. The summed E-state index contributed by atoms with van der Waals surface area (Å²) in [5.41, 5.74) is 5.60. The largest absolute Gasteiger partial charge is 0.465 e. The third-order valence-corrected chi connectivity index (χ3v) is 3.69. The number of hydrogen-bond acceptors (Lipinski definition) is 3. The number of anilines is 1. The summed E-state index contributed by atoms with van der Waals surface area (Å²) in [5.74, 6) is -0.292. The number of rotatable bonds is 5. The molecule has 1 N–H and O–H groups in total. The number of methoxy groups -OCH3 is 1. The van der Waals surface area contributed by atoms with Gasteiger partial charge in [0.05, 0.1) is 12.7 Å². The number of carbonyl (C=O) groups is 1. The van der Waals surface area contributed by atoms with Gasteiger partial charge < -0.3 is 10.1 Å². The first kappa shape index (κ1) is 15.1. The second-order valence-electron chi connectivity index (χ2n) is 5.08. The first-order valence-electron chi connectivity index (χ1n) is 7.08. The van der Waals surface area contributed by atoms with Gasteiger partial charge in [-0.05, 0) is 60.7 Å². The van der Waals surface area contributed by atoms with Crippen molar-refractivity contribution in [2.75, 3.05) is 19.5 Å². The van der Waals surface area contributed by atoms with Crippen LogP contribution in [0.25, 0.3) is 0 Å². The lowest BCUT2D eigenvalue weighted by atomic mass is 9.99. The van der Waals surface area contributed by atoms with E-state index >= 15 is 0 Å². The van der Waals surface area contributed by atoms with Crippen LogP contribution in [0, 0.1) is 6.92 Å². The van der Waals surface area contributed by atoms with Crippen molar-refractivity contribution >= 4 is 11.7 Å². The van der Waals surface area contributed by atoms with Crippen molar-refractivity contribution in [3.63, 3.8) is 0 Å². The van der Waals surface area contributed by atoms with Crippen LogP contribution in [-0.2, 0) is 17.6 Å². The number of carbonyl (C=O) groups excluding carboxylic acids is 1. The maximum absolute atomic E-state index is 11.4. The molecule has 0 saturated carbocycles. The van der Waals surface area contributed by atoms with Crippen LogP contribution < -0.4 is 5.32 Å². The van der Waals surface area contributed by atoms with Crippen LogP contribution in [-0.4, -0.2) is 20.1 Å². The maximum atomic E-state index is 11.4. The molecule has 0 unspecified atom stereocenters. The van der Waals surface area contributed by atoms with Crippen molar-refractivity contribution in [3.8, 4) is 0 Å². The molecule has 0 heterocycles. The minimum Gasteiger partial charge on any atom is -0.465 e. The first-order valence-corrected chi connectivity index (χ1v) is 7.08. The molecule has 3 heteroatoms. The Labute approximate surface area is 126 Å². The summed E-state index contributed by atoms with van der Waals surface area (Å²) in [6, 6.07) is 14.0. The number of ether oxygens (including phenoxy) is 1. The van der Waals surface area contributed by atoms with E-state index in [0.717, 1.165) is 18.5 Å². The molecule has 0 saturated heterocycles. The van der Waals surface area contributed by atoms with Crippen molar-refractivity contribution in [2.24, 2.45) is 0 Å². The monoisotopic (exact) mass is 283 g/mol. The van der Waals surface area contributed by atoms with Crippen molar-refractivity contribution < 1.29 is 9.53 Å². The van der Waals surface area contributed by atoms with Gasteiger partial charge in [-0.1, -0.05) is 18.2 Å². The maximum Gasteiger partial charge on any atom is 0.337 e. The number of nitrogens with one attached hydrogen (secondary N) is 1. The van der Waals surface area contributed by atoms with Gasteiger partial charge in [-0.25, -0.2) is 4.79 Å². The molecule has 0 aromatic heterocycles. The fraction of sp³-hybridized carbons (Fsp3) is 0.278. The highest BCUT2D eigenvalue weighted by molar-refractivity contribution is 5.89. The van der Waals surface area contributed by atoms with Crippen molar-refractivity contribution in [1.82, 2.24) is 0 Å². The highest BCUT2D eigenvalue weighted by Gasteiger charge is 2.05. The van der Waals surface area contributed by atoms with Gasteiger partial charge in [-0.15, -0.1) is 0 Å². The average Bonchev–Trinajstić information content (AvgIpc) is 2.53. The van der Waals surface area contributed by atoms with Crippen molar-refractivity contribution in [2.45, 2.75) is 19.8 Å². The molecule has 0 aliphatic rings. The Morgan fingerprint density at radius 2 is 1.81 bits per heavy atom. The molecular formula is C18H21NO2. The van der Waals surface area contributed by atoms with Gasteiger partial charge in [-0.2, -0.15) is 0 Å². The predicted molar refractivity (Wildman–Crippen MR) is 85.9 cm³/mol. The molecule has 0 spiro atoms. The molecule has 0 aliphatic carbocycles. The van der Waals surface area contributed by atoms with Gasteiger partial charge >= 0.3 is 5.97 Å². The van der Waals surface area contributed by atoms with Gasteiger partial charge in [-0.3, -0.25) is 0 Å². The molecule has 2 aromatic carbocycles. The van der Waals surface area contributed by atoms with Crippen LogP contribution >= 0.6 is 0 Å². The molecule has 0 amide bonds. The van der Waals surface area contributed by atoms with Crippen LogP contribution in [0.15, 0.2) is 42.5 Å². The Balaban J connectivity index is 2.01. The molecule has 110 valence electrons. The van der Waals surface area contributed by atoms with E-state index in [0.29, 0.717) is 5.56 Å². The molecule has 3 nitrogen and oxygen atoms in total. The molecule has 2 rings (SSSR count). The van der Waals surface area contributed by atoms with E-state index in [4.69, 9.17) is 4.74 Å². The number of hydrogen-bond donors (Lipinski definition) is 1. The molecule has 0 bridgehead atoms. The summed E-state index contributed by atoms with van der Waals surface area (Å²) in [6.45, 7) is 2.14. The lowest BCUT2D eigenvalue weighted by molar-refractivity contribution is 0.0600. The summed E-state index contributed by atoms with van der Waals surface area (Å²) in [7, 11) is 3.32. The zero-order valence-corrected chi connectivity index (χ0v) is 12.8. The van der Waals surface area contributed by atoms with Crippen LogP contribution in [0.2, 0.25) is 0 Å². The van der Waals surface area contributed by atoms with E-state index in [9.17, 15) is 4.79 Å². The zero-order valence-electron chi connectivity index (χ0n) is 12.8. The summed E-state index contributed by atoms with van der Waals surface area (Å²) < 4.78 is 4.70. The van der Waals surface area contributed by atoms with Gasteiger partial charge in [0.2, 0.25) is 0 Å². The highest BCUT2D eigenvalue weighted by atomic mass is 16.5. The quantitative estimate of drug-likeness (QED) is 0.852. The summed E-state index contributed by atoms with van der Waals surface area (Å²) in [5, 5.41) is 3.15. The fourth-order valence-corrected chi connectivity index (χ4v) is 2.34. The van der Waals surface area contributed by atoms with E-state index in [1.165, 1.54) is 23.8 Å². The Hall–Kier alpha value is -2.29. The molecule has 0 aliphatic heterocycles. The second-order valence-corrected chi connectivity index (χ2v) is 5.08. The van der Waals surface area contributed by atoms with Gasteiger partial charge in [0.25, 0.3) is 0 Å². The van der Waals surface area contributed by atoms with Crippen molar-refractivity contribution in [3.05, 3.63) is 64.7 Å². The average molecular weight is 283 g/mol. The van der Waals surface area contributed by atoms with Crippen LogP contribution in [0.3, 0.4) is 0 Å². The lowest BCUT2D eigenvalue weighted by Gasteiger charge is -2.09. The molecule has 0 radical (unpaired) electrons. The fourth-order valence-electron chi connectivity index (χ4n) is 2.34. The Kier molecular flexibility index (Phi) is 4.99. The minimum atomic E-state index is -0.292. The molecule has 0 atom stereocenters. The SMILES string of the molecule is CNc1ccc(CCc2ccc(C(=O)OC)cc2)c(C)c1. The third-order valence-electron chi connectivity index (χ3n) is 3.69. The van der Waals surface area contributed by atoms with Gasteiger partial charge in [0.15, 0.2) is 0 Å². The summed E-state index contributed by atoms with van der Waals surface area (Å²) >= 11 is 0. The predicted octanol–water partition coefficient (Wildman–Crippen LogP) is 3.61. The third kappa shape index (κ3) is 3.85. The van der Waals surface area contributed by atoms with E-state index in [1.54, 1.807) is 0 Å². The zero-order chi connectivity index (χ0) is 15.2. The van der Waals surface area contributed by atoms with Gasteiger partial charge in [0.1, 0.15) is 0 Å². The highest BCUT2D eigenvalue weighted by Crippen LogP contribution is 2.17. The second kappa shape index (κ2) is 6.93. The lowest BCUT2D eigenvalue weighted by Crippen LogP contribution is -2.01. The standard InChI is InChI=1S/C18H21NO2/c1-13-12-17(19-2)11-10-15(13)7-4-14-5-8-16(9-6-14)18(20)21-3/h5-6,8-12,19H,4,7H2,1-3H3. The van der Waals surface area contributed by atoms with E-state index in [2.05, 4.69) is 30.4 Å². The van der Waals surface area contributed by atoms with Crippen molar-refractivity contribution in [1.29, 1.82) is 0 Å². The molecule has 2 aromatic rings. The number of benzene rings is 2. The molecule has 21 heavy (non-hydrogen) atoms. The first-order chi connectivity index (χ1) is 10.1. The van der Waals surface area contributed by atoms with E-state index in [1.807, 2.05) is 31.3 Å².